The predicted octanol–water partition coefficient (Wildman–Crippen LogP) is 1.60. The van der Waals surface area contributed by atoms with Gasteiger partial charge in [0.15, 0.2) is 11.5 Å². The maximum absolute atomic E-state index is 12.3. The second-order valence-corrected chi connectivity index (χ2v) is 8.83. The molecule has 2 aromatic rings. The minimum atomic E-state index is -0.448. The molecule has 2 aliphatic heterocycles. The van der Waals surface area contributed by atoms with Crippen molar-refractivity contribution in [3.05, 3.63) is 54.1 Å². The lowest BCUT2D eigenvalue weighted by Crippen LogP contribution is -2.56. The molecule has 10 heteroatoms. The van der Waals surface area contributed by atoms with Crippen LogP contribution in [-0.4, -0.2) is 48.4 Å². The Morgan fingerprint density at radius 1 is 1.06 bits per heavy atom. The van der Waals surface area contributed by atoms with E-state index < -0.39 is 5.50 Å². The molecule has 2 aliphatic rings. The summed E-state index contributed by atoms with van der Waals surface area (Å²) >= 11 is 1.26. The van der Waals surface area contributed by atoms with Crippen LogP contribution in [0.5, 0.6) is 11.5 Å². The number of benzene rings is 2. The molecule has 2 heterocycles. The van der Waals surface area contributed by atoms with Crippen LogP contribution in [0.1, 0.15) is 18.4 Å². The third kappa shape index (κ3) is 6.87. The van der Waals surface area contributed by atoms with E-state index in [0.29, 0.717) is 23.7 Å². The van der Waals surface area contributed by atoms with Crippen molar-refractivity contribution >= 4 is 35.2 Å². The van der Waals surface area contributed by atoms with Crippen molar-refractivity contribution in [1.82, 2.24) is 16.0 Å². The molecule has 1 fully saturated rings. The molecule has 2 atom stereocenters. The SMILES string of the molecule is O=C(CC1CC(=O)NC(SCC(=O)Nc2ccc3c(c2)OCO3)N1)NCCc1ccccc1. The Bertz CT molecular complexity index is 1000. The lowest BCUT2D eigenvalue weighted by molar-refractivity contribution is -0.125. The largest absolute Gasteiger partial charge is 0.454 e. The Morgan fingerprint density at radius 3 is 2.73 bits per heavy atom. The third-order valence-corrected chi connectivity index (χ3v) is 6.17. The zero-order chi connectivity index (χ0) is 23.0. The average molecular weight is 471 g/mol. The number of carbonyl (C=O) groups is 3. The number of nitrogens with one attached hydrogen (secondary N) is 4. The van der Waals surface area contributed by atoms with Gasteiger partial charge in [0.05, 0.1) is 5.75 Å². The highest BCUT2D eigenvalue weighted by molar-refractivity contribution is 8.00. The Morgan fingerprint density at radius 2 is 1.88 bits per heavy atom. The van der Waals surface area contributed by atoms with Crippen LogP contribution < -0.4 is 30.7 Å². The lowest BCUT2D eigenvalue weighted by Gasteiger charge is -2.30. The molecular formula is C23H26N4O5S. The van der Waals surface area contributed by atoms with Crippen LogP contribution in [0.25, 0.3) is 0 Å². The summed E-state index contributed by atoms with van der Waals surface area (Å²) in [6.45, 7) is 0.710. The van der Waals surface area contributed by atoms with Gasteiger partial charge in [0.25, 0.3) is 0 Å². The van der Waals surface area contributed by atoms with Gasteiger partial charge in [0.1, 0.15) is 5.50 Å². The molecule has 0 aromatic heterocycles. The molecule has 2 unspecified atom stereocenters. The van der Waals surface area contributed by atoms with Gasteiger partial charge in [-0.25, -0.2) is 0 Å². The number of rotatable bonds is 9. The fourth-order valence-corrected chi connectivity index (χ4v) is 4.48. The molecule has 0 aliphatic carbocycles. The summed E-state index contributed by atoms with van der Waals surface area (Å²) in [5.41, 5.74) is 1.31. The number of anilines is 1. The van der Waals surface area contributed by atoms with Gasteiger partial charge >= 0.3 is 0 Å². The quantitative estimate of drug-likeness (QED) is 0.440. The molecule has 33 heavy (non-hydrogen) atoms. The van der Waals surface area contributed by atoms with Crippen molar-refractivity contribution in [1.29, 1.82) is 0 Å². The van der Waals surface area contributed by atoms with E-state index in [9.17, 15) is 14.4 Å². The maximum atomic E-state index is 12.3. The van der Waals surface area contributed by atoms with Crippen LogP contribution in [0.3, 0.4) is 0 Å². The Labute approximate surface area is 196 Å². The highest BCUT2D eigenvalue weighted by atomic mass is 32.2. The van der Waals surface area contributed by atoms with Crippen molar-refractivity contribution in [3.8, 4) is 11.5 Å². The summed E-state index contributed by atoms with van der Waals surface area (Å²) in [6, 6.07) is 14.8. The van der Waals surface area contributed by atoms with Crippen LogP contribution in [0.4, 0.5) is 5.69 Å². The summed E-state index contributed by atoms with van der Waals surface area (Å²) in [7, 11) is 0. The lowest BCUT2D eigenvalue weighted by atomic mass is 10.1. The standard InChI is InChI=1S/C23H26N4O5S/c28-20(24-9-8-15-4-2-1-3-5-15)11-17-12-21(29)27-23(26-17)33-13-22(30)25-16-6-7-18-19(10-16)32-14-31-18/h1-7,10,17,23,26H,8-9,11-14H2,(H,24,28)(H,25,30)(H,27,29). The second-order valence-electron chi connectivity index (χ2n) is 7.73. The van der Waals surface area contributed by atoms with Gasteiger partial charge in [-0.05, 0) is 24.1 Å². The van der Waals surface area contributed by atoms with Crippen LogP contribution in [-0.2, 0) is 20.8 Å². The number of carbonyl (C=O) groups excluding carboxylic acids is 3. The molecule has 3 amide bonds. The van der Waals surface area contributed by atoms with Gasteiger partial charge in [-0.1, -0.05) is 30.3 Å². The molecule has 0 saturated carbocycles. The van der Waals surface area contributed by atoms with E-state index in [0.717, 1.165) is 12.0 Å². The van der Waals surface area contributed by atoms with Crippen molar-refractivity contribution in [2.75, 3.05) is 24.4 Å². The highest BCUT2D eigenvalue weighted by Crippen LogP contribution is 2.34. The van der Waals surface area contributed by atoms with Gasteiger partial charge in [-0.15, -0.1) is 11.8 Å². The third-order valence-electron chi connectivity index (χ3n) is 5.16. The maximum Gasteiger partial charge on any atom is 0.234 e. The zero-order valence-electron chi connectivity index (χ0n) is 18.0. The van der Waals surface area contributed by atoms with E-state index in [2.05, 4.69) is 21.3 Å². The Hall–Kier alpha value is -3.24. The van der Waals surface area contributed by atoms with Gasteiger partial charge in [-0.3, -0.25) is 19.7 Å². The fourth-order valence-electron chi connectivity index (χ4n) is 3.58. The first-order chi connectivity index (χ1) is 16.0. The van der Waals surface area contributed by atoms with Crippen LogP contribution >= 0.6 is 11.8 Å². The second kappa shape index (κ2) is 11.1. The average Bonchev–Trinajstić information content (AvgIpc) is 3.26. The number of fused-ring (bicyclic) bond motifs is 1. The molecule has 4 rings (SSSR count). The number of ether oxygens (including phenoxy) is 2. The molecule has 2 aromatic carbocycles. The molecule has 174 valence electrons. The number of hydrogen-bond donors (Lipinski definition) is 4. The smallest absolute Gasteiger partial charge is 0.234 e. The van der Waals surface area contributed by atoms with Gasteiger partial charge in [-0.2, -0.15) is 0 Å². The van der Waals surface area contributed by atoms with E-state index >= 15 is 0 Å². The first kappa shape index (κ1) is 22.9. The molecule has 0 spiro atoms. The number of hydrogen-bond acceptors (Lipinski definition) is 7. The number of amides is 3. The van der Waals surface area contributed by atoms with Gasteiger partial charge in [0.2, 0.25) is 24.5 Å². The Kier molecular flexibility index (Phi) is 7.69. The van der Waals surface area contributed by atoms with Gasteiger partial charge in [0, 0.05) is 37.2 Å². The van der Waals surface area contributed by atoms with E-state index in [-0.39, 0.29) is 49.2 Å². The molecule has 0 radical (unpaired) electrons. The summed E-state index contributed by atoms with van der Waals surface area (Å²) in [5, 5.41) is 11.7. The first-order valence-electron chi connectivity index (χ1n) is 10.7. The minimum absolute atomic E-state index is 0.109. The minimum Gasteiger partial charge on any atom is -0.454 e. The van der Waals surface area contributed by atoms with Crippen molar-refractivity contribution in [3.63, 3.8) is 0 Å². The van der Waals surface area contributed by atoms with E-state index in [4.69, 9.17) is 9.47 Å². The molecule has 4 N–H and O–H groups in total. The summed E-state index contributed by atoms with van der Waals surface area (Å²) < 4.78 is 10.6. The van der Waals surface area contributed by atoms with Gasteiger partial charge < -0.3 is 25.4 Å². The summed E-state index contributed by atoms with van der Waals surface area (Å²) in [4.78, 5) is 36.7. The Balaban J connectivity index is 1.18. The molecular weight excluding hydrogens is 444 g/mol. The van der Waals surface area contributed by atoms with E-state index in [1.54, 1.807) is 18.2 Å². The predicted molar refractivity (Wildman–Crippen MR) is 125 cm³/mol. The normalized spacial score (nSPS) is 19.0. The van der Waals surface area contributed by atoms with Crippen molar-refractivity contribution in [2.24, 2.45) is 0 Å². The van der Waals surface area contributed by atoms with E-state index in [1.165, 1.54) is 11.8 Å². The van der Waals surface area contributed by atoms with E-state index in [1.807, 2.05) is 30.3 Å². The fraction of sp³-hybridized carbons (Fsp3) is 0.348. The van der Waals surface area contributed by atoms with Crippen molar-refractivity contribution < 1.29 is 23.9 Å². The molecule has 0 bridgehead atoms. The molecule has 1 saturated heterocycles. The zero-order valence-corrected chi connectivity index (χ0v) is 18.8. The molecule has 9 nitrogen and oxygen atoms in total. The van der Waals surface area contributed by atoms with Crippen LogP contribution in [0, 0.1) is 0 Å². The van der Waals surface area contributed by atoms with Crippen LogP contribution in [0.15, 0.2) is 48.5 Å². The topological polar surface area (TPSA) is 118 Å². The summed E-state index contributed by atoms with van der Waals surface area (Å²) in [6.07, 6.45) is 1.16. The first-order valence-corrected chi connectivity index (χ1v) is 11.8. The van der Waals surface area contributed by atoms with Crippen molar-refractivity contribution in [2.45, 2.75) is 30.8 Å². The number of thioether (sulfide) groups is 1. The van der Waals surface area contributed by atoms with Crippen LogP contribution in [0.2, 0.25) is 0 Å². The highest BCUT2D eigenvalue weighted by Gasteiger charge is 2.28. The monoisotopic (exact) mass is 470 g/mol. The summed E-state index contributed by atoms with van der Waals surface area (Å²) in [5.74, 6) is 0.892.